The number of hydrogen-bond acceptors (Lipinski definition) is 7. The van der Waals surface area contributed by atoms with Crippen LogP contribution in [0.3, 0.4) is 0 Å². The van der Waals surface area contributed by atoms with Crippen LogP contribution >= 0.6 is 11.3 Å². The third kappa shape index (κ3) is 5.93. The Bertz CT molecular complexity index is 1340. The van der Waals surface area contributed by atoms with Crippen LogP contribution < -0.4 is 5.32 Å². The smallest absolute Gasteiger partial charge is 0.247 e. The maximum absolute atomic E-state index is 13.8. The lowest BCUT2D eigenvalue weighted by Crippen LogP contribution is -2.46. The number of nitrogens with one attached hydrogen (secondary N) is 1. The molecule has 3 heterocycles. The van der Waals surface area contributed by atoms with E-state index in [4.69, 9.17) is 4.42 Å². The predicted octanol–water partition coefficient (Wildman–Crippen LogP) is 4.27. The number of benzene rings is 1. The summed E-state index contributed by atoms with van der Waals surface area (Å²) in [6.07, 6.45) is 3.91. The minimum atomic E-state index is -0.952. The number of hydrogen-bond donors (Lipinski definition) is 1. The highest BCUT2D eigenvalue weighted by Crippen LogP contribution is 2.27. The maximum Gasteiger partial charge on any atom is 0.247 e. The summed E-state index contributed by atoms with van der Waals surface area (Å²) >= 11 is 1.49. The molecule has 5 rings (SSSR count). The molecule has 1 aliphatic rings. The van der Waals surface area contributed by atoms with Gasteiger partial charge in [-0.3, -0.25) is 9.59 Å². The number of rotatable bonds is 9. The van der Waals surface area contributed by atoms with Gasteiger partial charge in [0.15, 0.2) is 5.76 Å². The average molecular weight is 523 g/mol. The zero-order valence-corrected chi connectivity index (χ0v) is 21.2. The van der Waals surface area contributed by atoms with Gasteiger partial charge in [0.1, 0.15) is 24.2 Å². The Kier molecular flexibility index (Phi) is 7.40. The van der Waals surface area contributed by atoms with Crippen LogP contribution in [0.1, 0.15) is 47.9 Å². The first-order valence-corrected chi connectivity index (χ1v) is 13.1. The number of tetrazole rings is 1. The van der Waals surface area contributed by atoms with Gasteiger partial charge in [0, 0.05) is 10.9 Å². The Hall–Kier alpha value is -3.86. The Morgan fingerprint density at radius 3 is 2.65 bits per heavy atom. The number of amides is 2. The summed E-state index contributed by atoms with van der Waals surface area (Å²) in [5.74, 6) is 0.347. The van der Waals surface area contributed by atoms with Gasteiger partial charge in [0.2, 0.25) is 17.6 Å². The van der Waals surface area contributed by atoms with Crippen molar-refractivity contribution in [3.63, 3.8) is 0 Å². The first kappa shape index (κ1) is 24.8. The number of nitrogens with zero attached hydrogens (tertiary/aromatic N) is 5. The molecule has 9 nitrogen and oxygen atoms in total. The van der Waals surface area contributed by atoms with E-state index in [2.05, 4.69) is 20.7 Å². The molecule has 1 fully saturated rings. The molecule has 4 aromatic rings. The Morgan fingerprint density at radius 1 is 1.19 bits per heavy atom. The number of aryl methyl sites for hydroxylation is 1. The van der Waals surface area contributed by atoms with E-state index in [0.717, 1.165) is 30.6 Å². The van der Waals surface area contributed by atoms with Gasteiger partial charge in [-0.25, -0.2) is 4.39 Å². The van der Waals surface area contributed by atoms with Crippen molar-refractivity contribution < 1.29 is 18.4 Å². The quantitative estimate of drug-likeness (QED) is 0.352. The SMILES string of the molecule is Cc1ccc(-c2nnn(CC(=O)N(Cc3cccs3)[C@H](C(=O)NC3CCCC3)c3ccc(F)cc3)n2)o1. The normalized spacial score (nSPS) is 14.5. The third-order valence-corrected chi connectivity index (χ3v) is 7.23. The van der Waals surface area contributed by atoms with Crippen molar-refractivity contribution >= 4 is 23.2 Å². The lowest BCUT2D eigenvalue weighted by molar-refractivity contribution is -0.142. The molecule has 3 aromatic heterocycles. The molecule has 0 bridgehead atoms. The van der Waals surface area contributed by atoms with Crippen LogP contribution in [0.4, 0.5) is 4.39 Å². The molecule has 37 heavy (non-hydrogen) atoms. The predicted molar refractivity (Wildman–Crippen MR) is 135 cm³/mol. The van der Waals surface area contributed by atoms with E-state index in [1.807, 2.05) is 24.4 Å². The van der Waals surface area contributed by atoms with Crippen molar-refractivity contribution in [3.8, 4) is 11.6 Å². The zero-order valence-electron chi connectivity index (χ0n) is 20.3. The first-order chi connectivity index (χ1) is 18.0. The topological polar surface area (TPSA) is 106 Å². The van der Waals surface area contributed by atoms with Crippen molar-refractivity contribution in [2.24, 2.45) is 0 Å². The number of carbonyl (C=O) groups is 2. The van der Waals surface area contributed by atoms with Crippen molar-refractivity contribution in [2.75, 3.05) is 0 Å². The molecular formula is C26H27FN6O3S. The molecule has 0 radical (unpaired) electrons. The lowest BCUT2D eigenvalue weighted by atomic mass is 10.0. The zero-order chi connectivity index (χ0) is 25.8. The molecule has 1 aromatic carbocycles. The largest absolute Gasteiger partial charge is 0.458 e. The number of thiophene rings is 1. The summed E-state index contributed by atoms with van der Waals surface area (Å²) in [4.78, 5) is 31.0. The summed E-state index contributed by atoms with van der Waals surface area (Å²) in [6, 6.07) is 12.1. The highest BCUT2D eigenvalue weighted by Gasteiger charge is 2.34. The summed E-state index contributed by atoms with van der Waals surface area (Å²) in [5, 5.41) is 17.3. The minimum absolute atomic E-state index is 0.0606. The van der Waals surface area contributed by atoms with E-state index in [1.54, 1.807) is 24.3 Å². The van der Waals surface area contributed by atoms with Crippen LogP contribution in [0.25, 0.3) is 11.6 Å². The van der Waals surface area contributed by atoms with Gasteiger partial charge < -0.3 is 14.6 Å². The highest BCUT2D eigenvalue weighted by molar-refractivity contribution is 7.09. The fraction of sp³-hybridized carbons (Fsp3) is 0.346. The van der Waals surface area contributed by atoms with Crippen molar-refractivity contribution in [1.82, 2.24) is 30.4 Å². The second-order valence-corrected chi connectivity index (χ2v) is 10.1. The van der Waals surface area contributed by atoms with E-state index >= 15 is 0 Å². The molecule has 1 saturated carbocycles. The summed E-state index contributed by atoms with van der Waals surface area (Å²) in [6.45, 7) is 1.79. The molecule has 2 amide bonds. The molecule has 11 heteroatoms. The Morgan fingerprint density at radius 2 is 1.97 bits per heavy atom. The van der Waals surface area contributed by atoms with Gasteiger partial charge in [-0.2, -0.15) is 4.80 Å². The molecule has 1 aliphatic carbocycles. The monoisotopic (exact) mass is 522 g/mol. The molecule has 192 valence electrons. The first-order valence-electron chi connectivity index (χ1n) is 12.2. The van der Waals surface area contributed by atoms with E-state index in [-0.39, 0.29) is 36.8 Å². The summed E-state index contributed by atoms with van der Waals surface area (Å²) < 4.78 is 19.3. The second kappa shape index (κ2) is 11.0. The van der Waals surface area contributed by atoms with Crippen LogP contribution in [-0.4, -0.2) is 43.0 Å². The number of carbonyl (C=O) groups excluding carboxylic acids is 2. The van der Waals surface area contributed by atoms with Crippen LogP contribution in [0.5, 0.6) is 0 Å². The molecule has 1 atom stereocenters. The van der Waals surface area contributed by atoms with Crippen LogP contribution in [0.2, 0.25) is 0 Å². The number of furan rings is 1. The molecule has 1 N–H and O–H groups in total. The van der Waals surface area contributed by atoms with Gasteiger partial charge in [-0.15, -0.1) is 21.5 Å². The average Bonchev–Trinajstić information content (AvgIpc) is 3.69. The maximum atomic E-state index is 13.8. The van der Waals surface area contributed by atoms with Gasteiger partial charge in [-0.05, 0) is 66.3 Å². The number of halogens is 1. The van der Waals surface area contributed by atoms with Gasteiger partial charge in [0.05, 0.1) is 6.54 Å². The summed E-state index contributed by atoms with van der Waals surface area (Å²) in [7, 11) is 0. The van der Waals surface area contributed by atoms with E-state index < -0.39 is 11.9 Å². The molecular weight excluding hydrogens is 495 g/mol. The molecule has 0 unspecified atom stereocenters. The summed E-state index contributed by atoms with van der Waals surface area (Å²) in [5.41, 5.74) is 0.528. The highest BCUT2D eigenvalue weighted by atomic mass is 32.1. The molecule has 0 spiro atoms. The van der Waals surface area contributed by atoms with Crippen LogP contribution in [0, 0.1) is 12.7 Å². The standard InChI is InChI=1S/C26H27FN6O3S/c1-17-8-13-22(36-17)25-29-31-33(30-25)16-23(34)32(15-21-7-4-14-37-21)24(18-9-11-19(27)12-10-18)26(35)28-20-5-2-3-6-20/h4,7-14,20,24H,2-3,5-6,15-16H2,1H3,(H,28,35)/t24-/m0/s1. The third-order valence-electron chi connectivity index (χ3n) is 6.36. The fourth-order valence-corrected chi connectivity index (χ4v) is 5.24. The number of aromatic nitrogens is 4. The lowest BCUT2D eigenvalue weighted by Gasteiger charge is -2.32. The second-order valence-electron chi connectivity index (χ2n) is 9.10. The Balaban J connectivity index is 1.44. The van der Waals surface area contributed by atoms with E-state index in [0.29, 0.717) is 17.1 Å². The fourth-order valence-electron chi connectivity index (χ4n) is 4.54. The molecule has 0 aliphatic heterocycles. The van der Waals surface area contributed by atoms with Crippen LogP contribution in [0.15, 0.2) is 58.3 Å². The van der Waals surface area contributed by atoms with Gasteiger partial charge >= 0.3 is 0 Å². The van der Waals surface area contributed by atoms with Crippen molar-refractivity contribution in [2.45, 2.75) is 57.8 Å². The van der Waals surface area contributed by atoms with E-state index in [9.17, 15) is 14.0 Å². The van der Waals surface area contributed by atoms with Crippen molar-refractivity contribution in [1.29, 1.82) is 0 Å². The van der Waals surface area contributed by atoms with Crippen LogP contribution in [-0.2, 0) is 22.7 Å². The van der Waals surface area contributed by atoms with E-state index in [1.165, 1.54) is 33.2 Å². The van der Waals surface area contributed by atoms with Gasteiger partial charge in [0.25, 0.3) is 0 Å². The van der Waals surface area contributed by atoms with Gasteiger partial charge in [-0.1, -0.05) is 31.0 Å². The molecule has 0 saturated heterocycles. The Labute approximate surface area is 217 Å². The minimum Gasteiger partial charge on any atom is -0.458 e. The van der Waals surface area contributed by atoms with Crippen molar-refractivity contribution in [3.05, 3.63) is 75.9 Å².